The predicted octanol–water partition coefficient (Wildman–Crippen LogP) is 0.363. The lowest BCUT2D eigenvalue weighted by molar-refractivity contribution is -0.152. The quantitative estimate of drug-likeness (QED) is 0.600. The molecule has 1 aromatic carbocycles. The number of nitrogens with one attached hydrogen (secondary N) is 1. The number of rotatable bonds is 6. The summed E-state index contributed by atoms with van der Waals surface area (Å²) in [6.07, 6.45) is 0. The SMILES string of the molecule is CC(=O)c1cccc(OCC(=O)OCC(=O)N2CCNC2=O)c1. The minimum absolute atomic E-state index is 0.118. The highest BCUT2D eigenvalue weighted by Gasteiger charge is 2.26. The van der Waals surface area contributed by atoms with E-state index in [0.29, 0.717) is 17.9 Å². The summed E-state index contributed by atoms with van der Waals surface area (Å²) in [5, 5.41) is 2.47. The first-order chi connectivity index (χ1) is 11.0. The summed E-state index contributed by atoms with van der Waals surface area (Å²) in [5.41, 5.74) is 0.464. The third-order valence-electron chi connectivity index (χ3n) is 3.11. The van der Waals surface area contributed by atoms with Crippen molar-refractivity contribution in [3.8, 4) is 5.75 Å². The molecule has 122 valence electrons. The molecule has 0 unspecified atom stereocenters. The smallest absolute Gasteiger partial charge is 0.344 e. The van der Waals surface area contributed by atoms with E-state index in [0.717, 1.165) is 4.90 Å². The Morgan fingerprint density at radius 3 is 2.70 bits per heavy atom. The molecule has 1 aliphatic rings. The Kier molecular flexibility index (Phi) is 5.29. The maximum atomic E-state index is 11.7. The van der Waals surface area contributed by atoms with Crippen LogP contribution in [0.3, 0.4) is 0 Å². The highest BCUT2D eigenvalue weighted by Crippen LogP contribution is 2.13. The highest BCUT2D eigenvalue weighted by atomic mass is 16.6. The van der Waals surface area contributed by atoms with Gasteiger partial charge in [-0.05, 0) is 19.1 Å². The van der Waals surface area contributed by atoms with Crippen LogP contribution in [0.15, 0.2) is 24.3 Å². The van der Waals surface area contributed by atoms with Gasteiger partial charge in [0.05, 0.1) is 0 Å². The molecule has 8 heteroatoms. The minimum atomic E-state index is -0.744. The van der Waals surface area contributed by atoms with E-state index in [1.54, 1.807) is 18.2 Å². The second-order valence-electron chi connectivity index (χ2n) is 4.81. The number of ether oxygens (including phenoxy) is 2. The Morgan fingerprint density at radius 2 is 2.04 bits per heavy atom. The lowest BCUT2D eigenvalue weighted by atomic mass is 10.1. The maximum absolute atomic E-state index is 11.7. The van der Waals surface area contributed by atoms with Gasteiger partial charge in [-0.3, -0.25) is 14.5 Å². The fourth-order valence-corrected chi connectivity index (χ4v) is 1.92. The minimum Gasteiger partial charge on any atom is -0.482 e. The number of benzene rings is 1. The van der Waals surface area contributed by atoms with E-state index in [4.69, 9.17) is 9.47 Å². The Labute approximate surface area is 132 Å². The molecule has 8 nitrogen and oxygen atoms in total. The van der Waals surface area contributed by atoms with Gasteiger partial charge in [-0.25, -0.2) is 9.59 Å². The zero-order valence-corrected chi connectivity index (χ0v) is 12.5. The van der Waals surface area contributed by atoms with Crippen molar-refractivity contribution in [1.29, 1.82) is 0 Å². The van der Waals surface area contributed by atoms with Crippen LogP contribution in [-0.4, -0.2) is 54.9 Å². The molecule has 0 atom stereocenters. The average Bonchev–Trinajstić information content (AvgIpc) is 2.97. The summed E-state index contributed by atoms with van der Waals surface area (Å²) >= 11 is 0. The predicted molar refractivity (Wildman–Crippen MR) is 78.0 cm³/mol. The normalized spacial score (nSPS) is 13.4. The topological polar surface area (TPSA) is 102 Å². The highest BCUT2D eigenvalue weighted by molar-refractivity contribution is 5.97. The van der Waals surface area contributed by atoms with Crippen LogP contribution >= 0.6 is 0 Å². The van der Waals surface area contributed by atoms with Gasteiger partial charge < -0.3 is 14.8 Å². The Balaban J connectivity index is 1.77. The van der Waals surface area contributed by atoms with Crippen LogP contribution in [0.5, 0.6) is 5.75 Å². The van der Waals surface area contributed by atoms with E-state index in [1.165, 1.54) is 13.0 Å². The van der Waals surface area contributed by atoms with E-state index in [9.17, 15) is 19.2 Å². The zero-order chi connectivity index (χ0) is 16.8. The number of amides is 3. The van der Waals surface area contributed by atoms with Gasteiger partial charge in [0.2, 0.25) is 0 Å². The number of ketones is 1. The fourth-order valence-electron chi connectivity index (χ4n) is 1.92. The first-order valence-electron chi connectivity index (χ1n) is 6.95. The average molecular weight is 320 g/mol. The standard InChI is InChI=1S/C15H16N2O6/c1-10(18)11-3-2-4-12(7-11)22-9-14(20)23-8-13(19)17-6-5-16-15(17)21/h2-4,7H,5-6,8-9H2,1H3,(H,16,21). The lowest BCUT2D eigenvalue weighted by Crippen LogP contribution is -2.37. The van der Waals surface area contributed by atoms with E-state index < -0.39 is 31.1 Å². The second-order valence-corrected chi connectivity index (χ2v) is 4.81. The molecule has 1 aromatic rings. The van der Waals surface area contributed by atoms with Crippen LogP contribution in [0.25, 0.3) is 0 Å². The molecule has 1 fully saturated rings. The van der Waals surface area contributed by atoms with Crippen molar-refractivity contribution in [3.63, 3.8) is 0 Å². The van der Waals surface area contributed by atoms with Crippen molar-refractivity contribution < 1.29 is 28.7 Å². The number of imide groups is 1. The summed E-state index contributed by atoms with van der Waals surface area (Å²) in [6, 6.07) is 5.87. The van der Waals surface area contributed by atoms with Crippen LogP contribution in [0, 0.1) is 0 Å². The molecule has 2 rings (SSSR count). The molecule has 1 saturated heterocycles. The zero-order valence-electron chi connectivity index (χ0n) is 12.5. The Hall–Kier alpha value is -2.90. The molecule has 1 N–H and O–H groups in total. The first kappa shape index (κ1) is 16.5. The van der Waals surface area contributed by atoms with Gasteiger partial charge in [0.25, 0.3) is 5.91 Å². The van der Waals surface area contributed by atoms with Crippen LogP contribution < -0.4 is 10.1 Å². The monoisotopic (exact) mass is 320 g/mol. The van der Waals surface area contributed by atoms with Gasteiger partial charge >= 0.3 is 12.0 Å². The van der Waals surface area contributed by atoms with Crippen LogP contribution in [0.1, 0.15) is 17.3 Å². The van der Waals surface area contributed by atoms with E-state index in [-0.39, 0.29) is 12.3 Å². The number of esters is 1. The summed E-state index contributed by atoms with van der Waals surface area (Å²) < 4.78 is 9.97. The van der Waals surface area contributed by atoms with Crippen molar-refractivity contribution >= 4 is 23.7 Å². The summed E-state index contributed by atoms with van der Waals surface area (Å²) in [4.78, 5) is 46.7. The maximum Gasteiger partial charge on any atom is 0.344 e. The molecule has 0 saturated carbocycles. The van der Waals surface area contributed by atoms with Gasteiger partial charge in [-0.2, -0.15) is 0 Å². The van der Waals surface area contributed by atoms with Crippen LogP contribution in [0.4, 0.5) is 4.79 Å². The van der Waals surface area contributed by atoms with Crippen molar-refractivity contribution in [3.05, 3.63) is 29.8 Å². The van der Waals surface area contributed by atoms with Crippen molar-refractivity contribution in [2.24, 2.45) is 0 Å². The molecule has 0 bridgehead atoms. The Morgan fingerprint density at radius 1 is 1.26 bits per heavy atom. The van der Waals surface area contributed by atoms with Gasteiger partial charge in [0, 0.05) is 18.7 Å². The summed E-state index contributed by atoms with van der Waals surface area (Å²) in [6.45, 7) is 1.13. The number of carbonyl (C=O) groups excluding carboxylic acids is 4. The number of urea groups is 1. The molecule has 23 heavy (non-hydrogen) atoms. The molecule has 1 heterocycles. The van der Waals surface area contributed by atoms with Crippen molar-refractivity contribution in [2.75, 3.05) is 26.3 Å². The molecule has 0 aromatic heterocycles. The molecular formula is C15H16N2O6. The summed E-state index contributed by atoms with van der Waals surface area (Å²) in [7, 11) is 0. The van der Waals surface area contributed by atoms with E-state index in [1.807, 2.05) is 0 Å². The third-order valence-corrected chi connectivity index (χ3v) is 3.11. The van der Waals surface area contributed by atoms with Crippen LogP contribution in [-0.2, 0) is 14.3 Å². The van der Waals surface area contributed by atoms with Crippen molar-refractivity contribution in [2.45, 2.75) is 6.92 Å². The fraction of sp³-hybridized carbons (Fsp3) is 0.333. The van der Waals surface area contributed by atoms with Gasteiger partial charge in [-0.1, -0.05) is 12.1 Å². The molecule has 0 aliphatic carbocycles. The third kappa shape index (κ3) is 4.53. The number of Topliss-reactive ketones (excluding diaryl/α,β-unsaturated/α-hetero) is 1. The van der Waals surface area contributed by atoms with Gasteiger partial charge in [0.15, 0.2) is 19.0 Å². The number of hydrogen-bond donors (Lipinski definition) is 1. The molecule has 1 aliphatic heterocycles. The van der Waals surface area contributed by atoms with Crippen molar-refractivity contribution in [1.82, 2.24) is 10.2 Å². The van der Waals surface area contributed by atoms with Gasteiger partial charge in [-0.15, -0.1) is 0 Å². The lowest BCUT2D eigenvalue weighted by Gasteiger charge is -2.12. The molecule has 3 amide bonds. The first-order valence-corrected chi connectivity index (χ1v) is 6.95. The van der Waals surface area contributed by atoms with Gasteiger partial charge in [0.1, 0.15) is 5.75 Å². The molecule has 0 spiro atoms. The van der Waals surface area contributed by atoms with Crippen LogP contribution in [0.2, 0.25) is 0 Å². The molecule has 0 radical (unpaired) electrons. The Bertz CT molecular complexity index is 643. The van der Waals surface area contributed by atoms with E-state index >= 15 is 0 Å². The largest absolute Gasteiger partial charge is 0.482 e. The number of carbonyl (C=O) groups is 4. The second kappa shape index (κ2) is 7.39. The summed E-state index contributed by atoms with van der Waals surface area (Å²) in [5.74, 6) is -1.11. The number of hydrogen-bond acceptors (Lipinski definition) is 6. The number of nitrogens with zero attached hydrogens (tertiary/aromatic N) is 1. The van der Waals surface area contributed by atoms with E-state index in [2.05, 4.69) is 5.32 Å². The molecular weight excluding hydrogens is 304 g/mol.